The van der Waals surface area contributed by atoms with Gasteiger partial charge in [0.25, 0.3) is 0 Å². The molecule has 0 atom stereocenters. The van der Waals surface area contributed by atoms with Gasteiger partial charge in [0.2, 0.25) is 0 Å². The number of para-hydroxylation sites is 4. The van der Waals surface area contributed by atoms with Crippen molar-refractivity contribution in [1.29, 1.82) is 0 Å². The van der Waals surface area contributed by atoms with Gasteiger partial charge in [-0.05, 0) is 93.5 Å². The van der Waals surface area contributed by atoms with Crippen LogP contribution in [0, 0.1) is 0 Å². The fourth-order valence-corrected chi connectivity index (χ4v) is 6.41. The Morgan fingerprint density at radius 3 is 1.78 bits per heavy atom. The summed E-state index contributed by atoms with van der Waals surface area (Å²) in [6.45, 7) is 0. The van der Waals surface area contributed by atoms with Crippen molar-refractivity contribution in [2.75, 3.05) is 4.90 Å². The molecular formula is C52H34N2O. The molecule has 0 amide bonds. The van der Waals surface area contributed by atoms with E-state index in [1.54, 1.807) is 0 Å². The largest absolute Gasteiger partial charge is 0.454 e. The van der Waals surface area contributed by atoms with Gasteiger partial charge in [-0.1, -0.05) is 145 Å². The summed E-state index contributed by atoms with van der Waals surface area (Å²) in [6.07, 6.45) is 0. The summed E-state index contributed by atoms with van der Waals surface area (Å²) in [5.41, 5.74) is -10.9. The van der Waals surface area contributed by atoms with Gasteiger partial charge in [0.15, 0.2) is 5.58 Å². The van der Waals surface area contributed by atoms with Crippen LogP contribution in [0.4, 0.5) is 17.1 Å². The number of aromatic nitrogens is 1. The van der Waals surface area contributed by atoms with Crippen LogP contribution in [0.5, 0.6) is 0 Å². The molecule has 0 aliphatic rings. The van der Waals surface area contributed by atoms with Gasteiger partial charge in [0.1, 0.15) is 5.58 Å². The number of fused-ring (bicyclic) bond motifs is 8. The highest BCUT2D eigenvalue weighted by Crippen LogP contribution is 2.47. The lowest BCUT2D eigenvalue weighted by molar-refractivity contribution is 0.669. The highest BCUT2D eigenvalue weighted by Gasteiger charge is 2.23. The van der Waals surface area contributed by atoms with Crippen molar-refractivity contribution in [3.8, 4) is 27.9 Å². The highest BCUT2D eigenvalue weighted by atomic mass is 16.3. The van der Waals surface area contributed by atoms with E-state index < -0.39 is 305 Å². The number of furan rings is 1. The maximum Gasteiger partial charge on any atom is 0.159 e. The van der Waals surface area contributed by atoms with Crippen molar-refractivity contribution in [3.63, 3.8) is 0 Å². The molecule has 11 rings (SSSR count). The van der Waals surface area contributed by atoms with E-state index in [1.165, 1.54) is 0 Å². The number of nitrogens with zero attached hydrogens (tertiary/aromatic N) is 2. The molecule has 0 saturated carbocycles. The Hall–Kier alpha value is -7.36. The summed E-state index contributed by atoms with van der Waals surface area (Å²) < 4.78 is 315. The summed E-state index contributed by atoms with van der Waals surface area (Å²) in [4.78, 5) is 0.380. The van der Waals surface area contributed by atoms with Crippen LogP contribution >= 0.6 is 0 Å². The molecule has 0 saturated heterocycles. The van der Waals surface area contributed by atoms with Gasteiger partial charge in [0, 0.05) is 38.6 Å². The van der Waals surface area contributed by atoms with Crippen molar-refractivity contribution < 1.29 is 51.0 Å². The van der Waals surface area contributed by atoms with Crippen LogP contribution in [0.2, 0.25) is 0 Å². The Kier molecular flexibility index (Phi) is 2.84. The summed E-state index contributed by atoms with van der Waals surface area (Å²) in [7, 11) is 0. The third-order valence-electron chi connectivity index (χ3n) is 8.62. The molecule has 0 aliphatic heterocycles. The molecule has 2 heterocycles. The second kappa shape index (κ2) is 12.6. The highest BCUT2D eigenvalue weighted by molar-refractivity contribution is 6.26. The zero-order valence-electron chi connectivity index (χ0n) is 61.3. The molecule has 55 heavy (non-hydrogen) atoms. The van der Waals surface area contributed by atoms with E-state index in [0.717, 1.165) is 0 Å². The molecule has 0 N–H and O–H groups in total. The maximum absolute atomic E-state index is 10.2. The molecule has 9 aromatic carbocycles. The predicted molar refractivity (Wildman–Crippen MR) is 231 cm³/mol. The SMILES string of the molecule is [2H]c1c([2H])c([2H])c(-c2c([2H])c([2H])c(N(c3c([2H])c([2H])c([2H])c([2H])c3[2H])c3c([2H])c([2H])c([2H])c4c3oc3c([2H])c(-c5c([2H])c([2H])c([2H])c6c5c5c([2H])c([2H])c([2H])c([2H])c5n6-c5c([2H])c([2H])c([2H])c([2H])c5[2H])c5c([2H])c([2H])c([2H])c([2H])c5c34)c([2H])c2[2H])c([2H])c1[2H]. The first-order valence-corrected chi connectivity index (χ1v) is 16.0. The monoisotopic (exact) mass is 736 g/mol. The van der Waals surface area contributed by atoms with Crippen molar-refractivity contribution in [2.24, 2.45) is 0 Å². The van der Waals surface area contributed by atoms with E-state index >= 15 is 0 Å². The first-order valence-electron chi connectivity index (χ1n) is 33.0. The second-order valence-corrected chi connectivity index (χ2v) is 11.5. The number of hydrogen-bond donors (Lipinski definition) is 0. The van der Waals surface area contributed by atoms with E-state index in [9.17, 15) is 23.3 Å². The third-order valence-corrected chi connectivity index (χ3v) is 8.62. The van der Waals surface area contributed by atoms with Crippen LogP contribution in [-0.4, -0.2) is 4.57 Å². The van der Waals surface area contributed by atoms with Crippen molar-refractivity contribution in [2.45, 2.75) is 0 Å². The Balaban J connectivity index is 1.41. The van der Waals surface area contributed by atoms with Gasteiger partial charge in [0.05, 0.1) is 63.3 Å². The Bertz CT molecular complexity index is 5090. The fraction of sp³-hybridized carbons (Fsp3) is 0. The van der Waals surface area contributed by atoms with E-state index in [2.05, 4.69) is 0 Å². The van der Waals surface area contributed by atoms with Crippen molar-refractivity contribution in [1.82, 2.24) is 4.57 Å². The lowest BCUT2D eigenvalue weighted by atomic mass is 9.92. The molecule has 258 valence electrons. The van der Waals surface area contributed by atoms with Gasteiger partial charge in [-0.2, -0.15) is 0 Å². The predicted octanol–water partition coefficient (Wildman–Crippen LogP) is 14.6. The standard InChI is InChI=1S/C52H34N2O/c1-4-16-35(17-5-1)36-30-32-39(33-31-36)53(37-18-6-2-7-19-37)48-29-15-26-44-51-41-23-11-10-22-40(41)45(34-49(51)55-52(44)48)42-25-14-28-47-50(42)43-24-12-13-27-46(43)54(47)38-20-8-3-9-21-38/h1-34H/i1D,2D,3D,4D,5D,6D,7D,8D,9D,10D,11D,12D,13D,14D,15D,16D,17D,18D,19D,20D,21D,22D,23D,24D,25D,26D,27D,28D,29D,30D,31D,32D,33D,34D. The maximum atomic E-state index is 10.2. The number of anilines is 3. The zero-order chi connectivity index (χ0) is 65.9. The number of hydrogen-bond acceptors (Lipinski definition) is 2. The van der Waals surface area contributed by atoms with Gasteiger partial charge in [-0.15, -0.1) is 0 Å². The van der Waals surface area contributed by atoms with Crippen molar-refractivity contribution in [3.05, 3.63) is 205 Å². The van der Waals surface area contributed by atoms with E-state index in [-0.39, 0.29) is 0 Å². The van der Waals surface area contributed by atoms with Crippen LogP contribution in [0.15, 0.2) is 210 Å². The molecule has 0 spiro atoms. The third kappa shape index (κ3) is 4.98. The summed E-state index contributed by atoms with van der Waals surface area (Å²) >= 11 is 0. The molecule has 0 fully saturated rings. The topological polar surface area (TPSA) is 21.3 Å². The molecule has 0 radical (unpaired) electrons. The van der Waals surface area contributed by atoms with Gasteiger partial charge < -0.3 is 13.9 Å². The quantitative estimate of drug-likeness (QED) is 0.169. The first-order chi connectivity index (χ1) is 41.4. The smallest absolute Gasteiger partial charge is 0.159 e. The summed E-state index contributed by atoms with van der Waals surface area (Å²) in [5, 5.41) is -4.37. The number of rotatable bonds is 6. The number of benzene rings is 9. The Morgan fingerprint density at radius 2 is 1.00 bits per heavy atom. The minimum atomic E-state index is -1.26. The van der Waals surface area contributed by atoms with Gasteiger partial charge >= 0.3 is 0 Å². The van der Waals surface area contributed by atoms with E-state index in [0.29, 0.717) is 9.47 Å². The fourth-order valence-electron chi connectivity index (χ4n) is 6.41. The minimum Gasteiger partial charge on any atom is -0.454 e. The van der Waals surface area contributed by atoms with Crippen molar-refractivity contribution >= 4 is 71.6 Å². The Labute approximate surface area is 366 Å². The molecule has 0 aliphatic carbocycles. The molecule has 3 heteroatoms. The lowest BCUT2D eigenvalue weighted by Crippen LogP contribution is -2.10. The molecule has 0 bridgehead atoms. The molecule has 11 aromatic rings. The van der Waals surface area contributed by atoms with Crippen LogP contribution in [0.3, 0.4) is 0 Å². The molecule has 2 aromatic heterocycles. The summed E-state index contributed by atoms with van der Waals surface area (Å²) in [5.74, 6) is 0. The molecule has 3 nitrogen and oxygen atoms in total. The van der Waals surface area contributed by atoms with Crippen LogP contribution < -0.4 is 4.90 Å². The Morgan fingerprint density at radius 1 is 0.418 bits per heavy atom. The van der Waals surface area contributed by atoms with Crippen LogP contribution in [0.1, 0.15) is 46.6 Å². The summed E-state index contributed by atoms with van der Waals surface area (Å²) in [6, 6.07) is -35.9. The zero-order valence-corrected chi connectivity index (χ0v) is 27.3. The van der Waals surface area contributed by atoms with Crippen LogP contribution in [-0.2, 0) is 0 Å². The van der Waals surface area contributed by atoms with E-state index in [1.807, 2.05) is 0 Å². The van der Waals surface area contributed by atoms with Crippen LogP contribution in [0.25, 0.3) is 82.5 Å². The molecular weight excluding hydrogens is 669 g/mol. The first kappa shape index (κ1) is 12.3. The average molecular weight is 737 g/mol. The second-order valence-electron chi connectivity index (χ2n) is 11.5. The van der Waals surface area contributed by atoms with Gasteiger partial charge in [-0.25, -0.2) is 0 Å². The van der Waals surface area contributed by atoms with Gasteiger partial charge in [-0.3, -0.25) is 0 Å². The normalized spacial score (nSPS) is 20.3. The minimum absolute atomic E-state index is 0.380. The molecule has 0 unspecified atom stereocenters. The lowest BCUT2D eigenvalue weighted by Gasteiger charge is -2.25. The van der Waals surface area contributed by atoms with E-state index in [4.69, 9.17) is 27.7 Å². The average Bonchev–Trinajstić information content (AvgIpc) is 1.59.